The van der Waals surface area contributed by atoms with Crippen molar-refractivity contribution < 1.29 is 29.1 Å². The fraction of sp³-hybridized carbons (Fsp3) is 0.120. The maximum Gasteiger partial charge on any atom is 0.339 e. The zero-order chi connectivity index (χ0) is 23.6. The number of esters is 1. The molecular formula is C25H21NO6S. The van der Waals surface area contributed by atoms with Gasteiger partial charge in [-0.2, -0.15) is 0 Å². The van der Waals surface area contributed by atoms with Gasteiger partial charge in [-0.1, -0.05) is 59.4 Å². The summed E-state index contributed by atoms with van der Waals surface area (Å²) >= 11 is 1.34. The molecule has 168 valence electrons. The molecule has 0 amide bonds. The molecule has 0 spiro atoms. The molecule has 0 bridgehead atoms. The van der Waals surface area contributed by atoms with E-state index in [4.69, 9.17) is 14.7 Å². The molecule has 3 aromatic rings. The number of aliphatic hydroxyl groups excluding tert-OH is 1. The molecule has 0 atom stereocenters. The lowest BCUT2D eigenvalue weighted by Crippen LogP contribution is -2.17. The quantitative estimate of drug-likeness (QED) is 0.167. The predicted molar refractivity (Wildman–Crippen MR) is 123 cm³/mol. The minimum Gasteiger partial charge on any atom is -0.460 e. The van der Waals surface area contributed by atoms with Gasteiger partial charge in [-0.15, -0.1) is 0 Å². The minimum atomic E-state index is -0.626. The second-order valence-corrected chi connectivity index (χ2v) is 7.82. The van der Waals surface area contributed by atoms with Crippen molar-refractivity contribution in [3.8, 4) is 0 Å². The van der Waals surface area contributed by atoms with Crippen LogP contribution in [-0.2, 0) is 14.4 Å². The fourth-order valence-electron chi connectivity index (χ4n) is 2.81. The van der Waals surface area contributed by atoms with E-state index in [-0.39, 0.29) is 18.9 Å². The van der Waals surface area contributed by atoms with Crippen LogP contribution in [0.2, 0.25) is 0 Å². The van der Waals surface area contributed by atoms with Crippen molar-refractivity contribution in [2.75, 3.05) is 13.2 Å². The highest BCUT2D eigenvalue weighted by Gasteiger charge is 2.18. The van der Waals surface area contributed by atoms with E-state index in [1.165, 1.54) is 18.7 Å². The highest BCUT2D eigenvalue weighted by molar-refractivity contribution is 7.99. The van der Waals surface area contributed by atoms with Crippen LogP contribution in [0.1, 0.15) is 33.2 Å². The van der Waals surface area contributed by atoms with Crippen LogP contribution >= 0.6 is 11.8 Å². The van der Waals surface area contributed by atoms with Gasteiger partial charge in [0, 0.05) is 27.8 Å². The number of Topliss-reactive ketones (excluding diaryl/α,β-unsaturated/α-hetero) is 1. The summed E-state index contributed by atoms with van der Waals surface area (Å²) in [6.45, 7) is 0.885. The summed E-state index contributed by atoms with van der Waals surface area (Å²) in [6.07, 6.45) is 0. The number of aliphatic hydroxyl groups is 1. The summed E-state index contributed by atoms with van der Waals surface area (Å²) in [4.78, 5) is 42.7. The van der Waals surface area contributed by atoms with E-state index < -0.39 is 17.7 Å². The molecular weight excluding hydrogens is 442 g/mol. The van der Waals surface area contributed by atoms with Gasteiger partial charge in [0.2, 0.25) is 5.78 Å². The SMILES string of the molecule is CC(=O)O/N=C(/C(=O)c1ccc(Sc2ccccc2C(=O)OCCO)cc1)c1ccccc1. The van der Waals surface area contributed by atoms with Gasteiger partial charge in [-0.25, -0.2) is 9.59 Å². The third-order valence-electron chi connectivity index (χ3n) is 4.30. The summed E-state index contributed by atoms with van der Waals surface area (Å²) in [7, 11) is 0. The highest BCUT2D eigenvalue weighted by Crippen LogP contribution is 2.31. The number of benzene rings is 3. The Morgan fingerprint density at radius 2 is 1.55 bits per heavy atom. The van der Waals surface area contributed by atoms with E-state index in [0.29, 0.717) is 21.6 Å². The lowest BCUT2D eigenvalue weighted by molar-refractivity contribution is -0.140. The van der Waals surface area contributed by atoms with Crippen LogP contribution in [-0.4, -0.2) is 41.8 Å². The molecule has 0 unspecified atom stereocenters. The first-order valence-electron chi connectivity index (χ1n) is 10.00. The first-order chi connectivity index (χ1) is 16.0. The Labute approximate surface area is 195 Å². The van der Waals surface area contributed by atoms with E-state index in [0.717, 1.165) is 4.90 Å². The second kappa shape index (κ2) is 11.8. The van der Waals surface area contributed by atoms with Gasteiger partial charge < -0.3 is 14.7 Å². The van der Waals surface area contributed by atoms with Crippen molar-refractivity contribution in [1.82, 2.24) is 0 Å². The van der Waals surface area contributed by atoms with Crippen molar-refractivity contribution in [2.24, 2.45) is 5.16 Å². The molecule has 0 saturated heterocycles. The number of carbonyl (C=O) groups excluding carboxylic acids is 3. The van der Waals surface area contributed by atoms with Gasteiger partial charge in [0.05, 0.1) is 12.2 Å². The van der Waals surface area contributed by atoms with Crippen molar-refractivity contribution in [3.63, 3.8) is 0 Å². The molecule has 0 aliphatic carbocycles. The monoisotopic (exact) mass is 463 g/mol. The molecule has 3 rings (SSSR count). The summed E-state index contributed by atoms with van der Waals surface area (Å²) in [6, 6.07) is 22.5. The van der Waals surface area contributed by atoms with Gasteiger partial charge in [-0.3, -0.25) is 4.79 Å². The topological polar surface area (TPSA) is 102 Å². The minimum absolute atomic E-state index is 0.0168. The molecule has 8 heteroatoms. The van der Waals surface area contributed by atoms with Crippen LogP contribution < -0.4 is 0 Å². The van der Waals surface area contributed by atoms with Gasteiger partial charge in [-0.05, 0) is 36.4 Å². The normalized spacial score (nSPS) is 11.0. The Kier molecular flexibility index (Phi) is 8.51. The third kappa shape index (κ3) is 6.61. The number of hydrogen-bond acceptors (Lipinski definition) is 8. The Hall–Kier alpha value is -3.75. The lowest BCUT2D eigenvalue weighted by atomic mass is 10.0. The molecule has 0 fully saturated rings. The van der Waals surface area contributed by atoms with Crippen molar-refractivity contribution >= 4 is 35.2 Å². The Morgan fingerprint density at radius 1 is 0.879 bits per heavy atom. The molecule has 0 aromatic heterocycles. The van der Waals surface area contributed by atoms with E-state index in [1.54, 1.807) is 78.9 Å². The molecule has 7 nitrogen and oxygen atoms in total. The first-order valence-corrected chi connectivity index (χ1v) is 10.8. The number of oxime groups is 1. The van der Waals surface area contributed by atoms with Crippen molar-refractivity contribution in [1.29, 1.82) is 0 Å². The Morgan fingerprint density at radius 3 is 2.21 bits per heavy atom. The van der Waals surface area contributed by atoms with Gasteiger partial charge in [0.15, 0.2) is 5.71 Å². The molecule has 0 saturated carbocycles. The summed E-state index contributed by atoms with van der Waals surface area (Å²) < 4.78 is 5.02. The first kappa shape index (κ1) is 23.9. The fourth-order valence-corrected chi connectivity index (χ4v) is 3.74. The Bertz CT molecular complexity index is 1160. The average molecular weight is 464 g/mol. The number of hydrogen-bond donors (Lipinski definition) is 1. The van der Waals surface area contributed by atoms with Crippen LogP contribution in [0.4, 0.5) is 0 Å². The highest BCUT2D eigenvalue weighted by atomic mass is 32.2. The second-order valence-electron chi connectivity index (χ2n) is 6.70. The van der Waals surface area contributed by atoms with Gasteiger partial charge >= 0.3 is 11.9 Å². The maximum atomic E-state index is 13.1. The molecule has 1 N–H and O–H groups in total. The zero-order valence-corrected chi connectivity index (χ0v) is 18.6. The van der Waals surface area contributed by atoms with Crippen LogP contribution in [0.15, 0.2) is 93.8 Å². The van der Waals surface area contributed by atoms with Gasteiger partial charge in [0.25, 0.3) is 0 Å². The number of carbonyl (C=O) groups is 3. The van der Waals surface area contributed by atoms with E-state index in [9.17, 15) is 14.4 Å². The van der Waals surface area contributed by atoms with Gasteiger partial charge in [0.1, 0.15) is 6.61 Å². The van der Waals surface area contributed by atoms with E-state index >= 15 is 0 Å². The van der Waals surface area contributed by atoms with Crippen molar-refractivity contribution in [2.45, 2.75) is 16.7 Å². The number of rotatable bonds is 9. The molecule has 33 heavy (non-hydrogen) atoms. The van der Waals surface area contributed by atoms with E-state index in [1.807, 2.05) is 0 Å². The molecule has 0 heterocycles. The van der Waals surface area contributed by atoms with Crippen molar-refractivity contribution in [3.05, 3.63) is 95.6 Å². The average Bonchev–Trinajstić information content (AvgIpc) is 2.84. The largest absolute Gasteiger partial charge is 0.460 e. The third-order valence-corrected chi connectivity index (χ3v) is 5.39. The maximum absolute atomic E-state index is 13.1. The molecule has 3 aromatic carbocycles. The van der Waals surface area contributed by atoms with Crippen LogP contribution in [0.5, 0.6) is 0 Å². The van der Waals surface area contributed by atoms with Crippen LogP contribution in [0, 0.1) is 0 Å². The number of ketones is 1. The van der Waals surface area contributed by atoms with Crippen LogP contribution in [0.3, 0.4) is 0 Å². The zero-order valence-electron chi connectivity index (χ0n) is 17.8. The standard InChI is InChI=1S/C25H21NO6S/c1-17(28)32-26-23(18-7-3-2-4-8-18)24(29)19-11-13-20(14-12-19)33-22-10-6-5-9-21(22)25(30)31-16-15-27/h2-14,27H,15-16H2,1H3/b26-23+. The molecule has 0 radical (unpaired) electrons. The molecule has 0 aliphatic rings. The lowest BCUT2D eigenvalue weighted by Gasteiger charge is -2.09. The summed E-state index contributed by atoms with van der Waals surface area (Å²) in [5.74, 6) is -1.54. The summed E-state index contributed by atoms with van der Waals surface area (Å²) in [5.41, 5.74) is 1.29. The number of nitrogens with zero attached hydrogens (tertiary/aromatic N) is 1. The van der Waals surface area contributed by atoms with Crippen LogP contribution in [0.25, 0.3) is 0 Å². The molecule has 0 aliphatic heterocycles. The Balaban J connectivity index is 1.81. The van der Waals surface area contributed by atoms with E-state index in [2.05, 4.69) is 5.16 Å². The number of ether oxygens (including phenoxy) is 1. The smallest absolute Gasteiger partial charge is 0.339 e. The predicted octanol–water partition coefficient (Wildman–Crippen LogP) is 4.14. The summed E-state index contributed by atoms with van der Waals surface area (Å²) in [5, 5.41) is 12.6.